The van der Waals surface area contributed by atoms with Crippen LogP contribution in [0.15, 0.2) is 29.2 Å². The lowest BCUT2D eigenvalue weighted by Crippen LogP contribution is -2.49. The summed E-state index contributed by atoms with van der Waals surface area (Å²) in [5.41, 5.74) is 0.932. The molecule has 3 atom stereocenters. The van der Waals surface area contributed by atoms with Crippen LogP contribution in [0.1, 0.15) is 45.6 Å². The second-order valence-electron chi connectivity index (χ2n) is 7.19. The van der Waals surface area contributed by atoms with Gasteiger partial charge < -0.3 is 9.64 Å². The molecule has 0 unspecified atom stereocenters. The van der Waals surface area contributed by atoms with Gasteiger partial charge in [0.25, 0.3) is 5.91 Å². The fraction of sp³-hybridized carbons (Fsp3) is 0.579. The summed E-state index contributed by atoms with van der Waals surface area (Å²) in [7, 11) is -3.84. The van der Waals surface area contributed by atoms with Gasteiger partial charge in [0.1, 0.15) is 6.04 Å². The summed E-state index contributed by atoms with van der Waals surface area (Å²) in [6.45, 7) is 6.82. The van der Waals surface area contributed by atoms with E-state index in [2.05, 4.69) is 4.72 Å². The number of sulfonamides is 1. The second-order valence-corrected chi connectivity index (χ2v) is 8.91. The van der Waals surface area contributed by atoms with Gasteiger partial charge in [-0.25, -0.2) is 8.42 Å². The van der Waals surface area contributed by atoms with Crippen molar-refractivity contribution in [2.45, 2.75) is 70.0 Å². The number of nitrogens with one attached hydrogen (secondary N) is 1. The largest absolute Gasteiger partial charge is 0.454 e. The lowest BCUT2D eigenvalue weighted by molar-refractivity contribution is -0.155. The summed E-state index contributed by atoms with van der Waals surface area (Å²) in [6, 6.07) is 5.42. The molecule has 0 aromatic heterocycles. The van der Waals surface area contributed by atoms with Crippen LogP contribution in [0, 0.1) is 6.92 Å². The summed E-state index contributed by atoms with van der Waals surface area (Å²) in [5, 5.41) is 0. The van der Waals surface area contributed by atoms with Crippen LogP contribution in [0.4, 0.5) is 0 Å². The highest BCUT2D eigenvalue weighted by atomic mass is 32.2. The first-order valence-corrected chi connectivity index (χ1v) is 10.7. The zero-order chi connectivity index (χ0) is 20.2. The highest BCUT2D eigenvalue weighted by Crippen LogP contribution is 2.22. The SMILES string of the molecule is Cc1ccc(S(=O)(=O)N[C@@H](C)C(=O)OCC(=O)N2[C@@H](C)CCC[C@@H]2C)cc1. The minimum Gasteiger partial charge on any atom is -0.454 e. The smallest absolute Gasteiger partial charge is 0.324 e. The van der Waals surface area contributed by atoms with E-state index in [-0.39, 0.29) is 29.5 Å². The number of esters is 1. The third kappa shape index (κ3) is 5.52. The molecule has 0 bridgehead atoms. The van der Waals surface area contributed by atoms with Gasteiger partial charge in [-0.05, 0) is 59.1 Å². The highest BCUT2D eigenvalue weighted by Gasteiger charge is 2.30. The maximum absolute atomic E-state index is 12.4. The molecule has 1 aliphatic rings. The lowest BCUT2D eigenvalue weighted by Gasteiger charge is -2.38. The maximum Gasteiger partial charge on any atom is 0.324 e. The molecule has 0 spiro atoms. The number of likely N-dealkylation sites (tertiary alicyclic amines) is 1. The minimum absolute atomic E-state index is 0.0693. The molecular weight excluding hydrogens is 368 g/mol. The molecule has 1 N–H and O–H groups in total. The summed E-state index contributed by atoms with van der Waals surface area (Å²) in [4.78, 5) is 26.3. The summed E-state index contributed by atoms with van der Waals surface area (Å²) < 4.78 is 32.0. The van der Waals surface area contributed by atoms with Crippen molar-refractivity contribution in [2.75, 3.05) is 6.61 Å². The van der Waals surface area contributed by atoms with Crippen LogP contribution in [-0.4, -0.2) is 49.9 Å². The van der Waals surface area contributed by atoms with Gasteiger partial charge in [-0.3, -0.25) is 9.59 Å². The first-order chi connectivity index (χ1) is 12.6. The Kier molecular flexibility index (Phi) is 7.00. The van der Waals surface area contributed by atoms with Crippen molar-refractivity contribution < 1.29 is 22.7 Å². The van der Waals surface area contributed by atoms with Crippen molar-refractivity contribution >= 4 is 21.9 Å². The number of aryl methyl sites for hydroxylation is 1. The number of hydrogen-bond donors (Lipinski definition) is 1. The van der Waals surface area contributed by atoms with Crippen LogP contribution in [0.5, 0.6) is 0 Å². The van der Waals surface area contributed by atoms with Gasteiger partial charge in [-0.1, -0.05) is 17.7 Å². The quantitative estimate of drug-likeness (QED) is 0.743. The molecule has 0 aliphatic carbocycles. The monoisotopic (exact) mass is 396 g/mol. The van der Waals surface area contributed by atoms with Gasteiger partial charge >= 0.3 is 5.97 Å². The number of ether oxygens (including phenoxy) is 1. The molecule has 2 rings (SSSR count). The molecule has 1 aromatic rings. The van der Waals surface area contributed by atoms with E-state index < -0.39 is 22.0 Å². The van der Waals surface area contributed by atoms with Crippen LogP contribution in [0.3, 0.4) is 0 Å². The number of carbonyl (C=O) groups is 2. The zero-order valence-electron chi connectivity index (χ0n) is 16.3. The van der Waals surface area contributed by atoms with Crippen LogP contribution < -0.4 is 4.72 Å². The first-order valence-electron chi connectivity index (χ1n) is 9.18. The van der Waals surface area contributed by atoms with E-state index in [1.807, 2.05) is 20.8 Å². The summed E-state index contributed by atoms with van der Waals surface area (Å²) in [6.07, 6.45) is 2.93. The molecule has 0 saturated carbocycles. The number of hydrogen-bond acceptors (Lipinski definition) is 5. The van der Waals surface area contributed by atoms with E-state index in [0.717, 1.165) is 24.8 Å². The number of benzene rings is 1. The lowest BCUT2D eigenvalue weighted by atomic mass is 9.97. The average Bonchev–Trinajstić information content (AvgIpc) is 2.59. The maximum atomic E-state index is 12.4. The Balaban J connectivity index is 1.91. The van der Waals surface area contributed by atoms with E-state index in [9.17, 15) is 18.0 Å². The third-order valence-corrected chi connectivity index (χ3v) is 6.39. The van der Waals surface area contributed by atoms with Gasteiger partial charge in [0.05, 0.1) is 4.90 Å². The van der Waals surface area contributed by atoms with Gasteiger partial charge in [0.15, 0.2) is 6.61 Å². The molecule has 1 fully saturated rings. The van der Waals surface area contributed by atoms with Crippen molar-refractivity contribution in [1.82, 2.24) is 9.62 Å². The first kappa shape index (κ1) is 21.4. The van der Waals surface area contributed by atoms with E-state index >= 15 is 0 Å². The third-order valence-electron chi connectivity index (χ3n) is 4.84. The van der Waals surface area contributed by atoms with Crippen molar-refractivity contribution in [2.24, 2.45) is 0 Å². The Morgan fingerprint density at radius 1 is 1.19 bits per heavy atom. The van der Waals surface area contributed by atoms with Crippen molar-refractivity contribution in [3.8, 4) is 0 Å². The second kappa shape index (κ2) is 8.84. The normalized spacial score (nSPS) is 21.6. The van der Waals surface area contributed by atoms with Crippen LogP contribution in [0.2, 0.25) is 0 Å². The Morgan fingerprint density at radius 2 is 1.74 bits per heavy atom. The topological polar surface area (TPSA) is 92.8 Å². The van der Waals surface area contributed by atoms with Gasteiger partial charge in [-0.2, -0.15) is 4.72 Å². The number of piperidine rings is 1. The van der Waals surface area contributed by atoms with E-state index in [0.29, 0.717) is 0 Å². The standard InChI is InChI=1S/C19H28N2O5S/c1-13-8-10-17(11-9-13)27(24,25)20-16(4)19(23)26-12-18(22)21-14(2)6-5-7-15(21)3/h8-11,14-16,20H,5-7,12H2,1-4H3/t14-,15-,16-/m0/s1. The van der Waals surface area contributed by atoms with Crippen molar-refractivity contribution in [3.63, 3.8) is 0 Å². The summed E-state index contributed by atoms with van der Waals surface area (Å²) in [5.74, 6) is -1.03. The molecule has 7 nitrogen and oxygen atoms in total. The van der Waals surface area contributed by atoms with Gasteiger partial charge in [0, 0.05) is 12.1 Å². The minimum atomic E-state index is -3.84. The van der Waals surface area contributed by atoms with Crippen LogP contribution in [0.25, 0.3) is 0 Å². The number of rotatable bonds is 6. The predicted molar refractivity (Wildman–Crippen MR) is 102 cm³/mol. The van der Waals surface area contributed by atoms with Crippen molar-refractivity contribution in [1.29, 1.82) is 0 Å². The molecule has 8 heteroatoms. The predicted octanol–water partition coefficient (Wildman–Crippen LogP) is 1.99. The molecule has 1 heterocycles. The molecule has 1 aromatic carbocycles. The van der Waals surface area contributed by atoms with E-state index in [1.165, 1.54) is 19.1 Å². The Labute approximate surface area is 161 Å². The molecule has 1 saturated heterocycles. The molecular formula is C19H28N2O5S. The van der Waals surface area contributed by atoms with Crippen LogP contribution >= 0.6 is 0 Å². The number of nitrogens with zero attached hydrogens (tertiary/aromatic N) is 1. The van der Waals surface area contributed by atoms with Gasteiger partial charge in [-0.15, -0.1) is 0 Å². The average molecular weight is 397 g/mol. The molecule has 0 radical (unpaired) electrons. The Bertz CT molecular complexity index is 766. The molecule has 27 heavy (non-hydrogen) atoms. The fourth-order valence-corrected chi connectivity index (χ4v) is 4.50. The van der Waals surface area contributed by atoms with Gasteiger partial charge in [0.2, 0.25) is 10.0 Å². The zero-order valence-corrected chi connectivity index (χ0v) is 17.1. The van der Waals surface area contributed by atoms with E-state index in [1.54, 1.807) is 17.0 Å². The Hall–Kier alpha value is -1.93. The fourth-order valence-electron chi connectivity index (χ4n) is 3.31. The molecule has 150 valence electrons. The van der Waals surface area contributed by atoms with Crippen molar-refractivity contribution in [3.05, 3.63) is 29.8 Å². The Morgan fingerprint density at radius 3 is 2.30 bits per heavy atom. The highest BCUT2D eigenvalue weighted by molar-refractivity contribution is 7.89. The molecule has 1 aliphatic heterocycles. The van der Waals surface area contributed by atoms with E-state index in [4.69, 9.17) is 4.74 Å². The number of carbonyl (C=O) groups excluding carboxylic acids is 2. The number of amides is 1. The van der Waals surface area contributed by atoms with Crippen LogP contribution in [-0.2, 0) is 24.3 Å². The molecule has 1 amide bonds. The summed E-state index contributed by atoms with van der Waals surface area (Å²) >= 11 is 0.